The van der Waals surface area contributed by atoms with Gasteiger partial charge in [-0.15, -0.1) is 21.6 Å². The van der Waals surface area contributed by atoms with Gasteiger partial charge in [-0.1, -0.05) is 11.3 Å². The molecule has 3 heterocycles. The van der Waals surface area contributed by atoms with Crippen molar-refractivity contribution in [1.29, 1.82) is 0 Å². The van der Waals surface area contributed by atoms with Crippen LogP contribution in [0, 0.1) is 0 Å². The third-order valence-corrected chi connectivity index (χ3v) is 5.63. The van der Waals surface area contributed by atoms with E-state index < -0.39 is 0 Å². The molecule has 22 heavy (non-hydrogen) atoms. The van der Waals surface area contributed by atoms with Crippen LogP contribution < -0.4 is 4.90 Å². The van der Waals surface area contributed by atoms with Crippen molar-refractivity contribution in [3.8, 4) is 0 Å². The maximum atomic E-state index is 10.7. The molecule has 0 amide bonds. The second-order valence-corrected chi connectivity index (χ2v) is 7.19. The third kappa shape index (κ3) is 2.32. The summed E-state index contributed by atoms with van der Waals surface area (Å²) < 4.78 is 0.983. The second-order valence-electron chi connectivity index (χ2n) is 5.12. The van der Waals surface area contributed by atoms with E-state index in [0.29, 0.717) is 10.0 Å². The van der Waals surface area contributed by atoms with E-state index in [-0.39, 0.29) is 0 Å². The Labute approximate surface area is 134 Å². The number of carbonyl (C=O) groups excluding carboxylic acids is 1. The molecule has 1 aromatic carbocycles. The summed E-state index contributed by atoms with van der Waals surface area (Å²) >= 11 is 2.83. The smallest absolute Gasteiger partial charge is 0.231 e. The first-order valence-corrected chi connectivity index (χ1v) is 8.47. The third-order valence-electron chi connectivity index (χ3n) is 3.66. The van der Waals surface area contributed by atoms with E-state index >= 15 is 0 Å². The summed E-state index contributed by atoms with van der Waals surface area (Å²) in [6, 6.07) is 8.00. The highest BCUT2D eigenvalue weighted by atomic mass is 32.1. The van der Waals surface area contributed by atoms with Crippen LogP contribution in [0.2, 0.25) is 0 Å². The van der Waals surface area contributed by atoms with Crippen LogP contribution in [-0.2, 0) is 6.42 Å². The highest BCUT2D eigenvalue weighted by Crippen LogP contribution is 2.35. The largest absolute Gasteiger partial charge is 0.374 e. The lowest BCUT2D eigenvalue weighted by Gasteiger charge is -2.10. The van der Waals surface area contributed by atoms with E-state index in [4.69, 9.17) is 0 Å². The van der Waals surface area contributed by atoms with Crippen LogP contribution in [0.4, 0.5) is 16.5 Å². The Morgan fingerprint density at radius 2 is 2.18 bits per heavy atom. The van der Waals surface area contributed by atoms with Crippen LogP contribution in [0.3, 0.4) is 0 Å². The summed E-state index contributed by atoms with van der Waals surface area (Å²) in [6.45, 7) is 1.05. The van der Waals surface area contributed by atoms with Crippen LogP contribution in [0.1, 0.15) is 15.2 Å². The summed E-state index contributed by atoms with van der Waals surface area (Å²) in [5.41, 5.74) is 3.44. The number of aldehydes is 1. The van der Waals surface area contributed by atoms with Crippen molar-refractivity contribution in [2.75, 3.05) is 18.5 Å². The lowest BCUT2D eigenvalue weighted by molar-refractivity contribution is 0.112. The van der Waals surface area contributed by atoms with Gasteiger partial charge in [-0.05, 0) is 36.2 Å². The maximum absolute atomic E-state index is 10.7. The van der Waals surface area contributed by atoms with Crippen LogP contribution in [0.5, 0.6) is 0 Å². The van der Waals surface area contributed by atoms with Crippen molar-refractivity contribution < 1.29 is 4.79 Å². The molecule has 1 aliphatic rings. The van der Waals surface area contributed by atoms with Gasteiger partial charge in [0.1, 0.15) is 4.83 Å². The lowest BCUT2D eigenvalue weighted by atomic mass is 10.1. The van der Waals surface area contributed by atoms with Crippen molar-refractivity contribution in [2.45, 2.75) is 6.42 Å². The van der Waals surface area contributed by atoms with E-state index in [1.807, 2.05) is 12.1 Å². The number of azo groups is 1. The number of likely N-dealkylation sites (N-methyl/N-ethyl adjacent to an activating group) is 1. The molecule has 0 fully saturated rings. The van der Waals surface area contributed by atoms with Gasteiger partial charge in [0, 0.05) is 19.3 Å². The van der Waals surface area contributed by atoms with Gasteiger partial charge in [0.15, 0.2) is 6.29 Å². The summed E-state index contributed by atoms with van der Waals surface area (Å²) in [7, 11) is 2.10. The zero-order valence-electron chi connectivity index (χ0n) is 11.8. The van der Waals surface area contributed by atoms with Crippen LogP contribution in [0.15, 0.2) is 34.5 Å². The molecule has 7 heteroatoms. The van der Waals surface area contributed by atoms with E-state index in [1.54, 1.807) is 0 Å². The van der Waals surface area contributed by atoms with Gasteiger partial charge in [0.2, 0.25) is 5.13 Å². The van der Waals surface area contributed by atoms with Crippen molar-refractivity contribution in [3.63, 3.8) is 0 Å². The topological polar surface area (TPSA) is 57.9 Å². The van der Waals surface area contributed by atoms with E-state index in [2.05, 4.69) is 39.3 Å². The van der Waals surface area contributed by atoms with E-state index in [1.165, 1.54) is 33.9 Å². The number of nitrogens with zero attached hydrogens (tertiary/aromatic N) is 4. The first-order valence-electron chi connectivity index (χ1n) is 6.84. The molecule has 0 spiro atoms. The zero-order chi connectivity index (χ0) is 15.1. The Hall–Kier alpha value is -2.12. The minimum absolute atomic E-state index is 0.622. The zero-order valence-corrected chi connectivity index (χ0v) is 13.4. The Morgan fingerprint density at radius 3 is 3.00 bits per heavy atom. The number of thiophene rings is 1. The standard InChI is InChI=1S/C15H12N4OS2/c1-19-5-4-9-6-10(2-3-12(9)19)17-18-15-16-14-13(22-15)7-11(8-20)21-14/h2-3,6-8H,4-5H2,1H3. The molecule has 0 atom stereocenters. The van der Waals surface area contributed by atoms with Gasteiger partial charge in [0.25, 0.3) is 0 Å². The van der Waals surface area contributed by atoms with Gasteiger partial charge in [0.05, 0.1) is 15.3 Å². The number of carbonyl (C=O) groups is 1. The number of rotatable bonds is 3. The maximum Gasteiger partial charge on any atom is 0.231 e. The fourth-order valence-electron chi connectivity index (χ4n) is 2.56. The van der Waals surface area contributed by atoms with Crippen molar-refractivity contribution in [1.82, 2.24) is 4.98 Å². The van der Waals surface area contributed by atoms with Gasteiger partial charge in [-0.2, -0.15) is 0 Å². The number of fused-ring (bicyclic) bond motifs is 2. The van der Waals surface area contributed by atoms with Gasteiger partial charge in [-0.3, -0.25) is 4.79 Å². The number of anilines is 1. The molecule has 0 unspecified atom stereocenters. The second kappa shape index (κ2) is 5.26. The summed E-state index contributed by atoms with van der Waals surface area (Å²) in [5.74, 6) is 0. The molecule has 5 nitrogen and oxygen atoms in total. The minimum Gasteiger partial charge on any atom is -0.374 e. The SMILES string of the molecule is CN1CCc2cc(N=Nc3nc4sc(C=O)cc4s3)ccc21. The van der Waals surface area contributed by atoms with Crippen LogP contribution in [0.25, 0.3) is 9.53 Å². The van der Waals surface area contributed by atoms with E-state index in [9.17, 15) is 4.79 Å². The Bertz CT molecular complexity index is 865. The van der Waals surface area contributed by atoms with Crippen molar-refractivity contribution in [2.24, 2.45) is 10.2 Å². The predicted molar refractivity (Wildman–Crippen MR) is 90.5 cm³/mol. The number of thiazole rings is 1. The summed E-state index contributed by atoms with van der Waals surface area (Å²) in [4.78, 5) is 18.9. The summed E-state index contributed by atoms with van der Waals surface area (Å²) in [6.07, 6.45) is 1.90. The molecule has 4 rings (SSSR count). The quantitative estimate of drug-likeness (QED) is 0.522. The molecular weight excluding hydrogens is 316 g/mol. The first-order chi connectivity index (χ1) is 10.7. The van der Waals surface area contributed by atoms with Crippen LogP contribution in [-0.4, -0.2) is 24.9 Å². The molecule has 0 saturated carbocycles. The molecule has 110 valence electrons. The molecular formula is C15H12N4OS2. The molecule has 0 radical (unpaired) electrons. The van der Waals surface area contributed by atoms with E-state index in [0.717, 1.165) is 34.5 Å². The lowest BCUT2D eigenvalue weighted by Crippen LogP contribution is -2.12. The first kappa shape index (κ1) is 13.5. The normalized spacial score (nSPS) is 14.1. The highest BCUT2D eigenvalue weighted by molar-refractivity contribution is 7.29. The average molecular weight is 328 g/mol. The Kier molecular flexibility index (Phi) is 3.24. The molecule has 1 aliphatic heterocycles. The fourth-order valence-corrected chi connectivity index (χ4v) is 4.41. The highest BCUT2D eigenvalue weighted by Gasteiger charge is 2.15. The van der Waals surface area contributed by atoms with Crippen molar-refractivity contribution >= 4 is 55.0 Å². The fraction of sp³-hybridized carbons (Fsp3) is 0.200. The molecule has 0 aliphatic carbocycles. The average Bonchev–Trinajstić information content (AvgIpc) is 3.18. The van der Waals surface area contributed by atoms with Crippen molar-refractivity contribution in [3.05, 3.63) is 34.7 Å². The van der Waals surface area contributed by atoms with Gasteiger partial charge >= 0.3 is 0 Å². The Morgan fingerprint density at radius 1 is 1.27 bits per heavy atom. The Balaban J connectivity index is 1.60. The molecule has 3 aromatic rings. The minimum atomic E-state index is 0.622. The number of benzene rings is 1. The summed E-state index contributed by atoms with van der Waals surface area (Å²) in [5, 5.41) is 9.13. The number of aromatic nitrogens is 1. The van der Waals surface area contributed by atoms with Crippen LogP contribution >= 0.6 is 22.7 Å². The number of hydrogen-bond acceptors (Lipinski definition) is 7. The molecule has 2 aromatic heterocycles. The monoisotopic (exact) mass is 328 g/mol. The molecule has 0 N–H and O–H groups in total. The molecule has 0 bridgehead atoms. The van der Waals surface area contributed by atoms with Gasteiger partial charge < -0.3 is 4.90 Å². The predicted octanol–water partition coefficient (Wildman–Crippen LogP) is 4.58. The molecule has 0 saturated heterocycles. The van der Waals surface area contributed by atoms with Gasteiger partial charge in [-0.25, -0.2) is 4.98 Å². The number of hydrogen-bond donors (Lipinski definition) is 0.